The van der Waals surface area contributed by atoms with E-state index >= 15 is 0 Å². The zero-order chi connectivity index (χ0) is 19.1. The summed E-state index contributed by atoms with van der Waals surface area (Å²) in [4.78, 5) is 32.2. The first-order valence-corrected chi connectivity index (χ1v) is 9.44. The molecule has 6 nitrogen and oxygen atoms in total. The van der Waals surface area contributed by atoms with Crippen molar-refractivity contribution in [2.75, 3.05) is 6.61 Å². The molecule has 3 heterocycles. The lowest BCUT2D eigenvalue weighted by Gasteiger charge is -2.15. The van der Waals surface area contributed by atoms with Crippen LogP contribution >= 0.6 is 0 Å². The minimum Gasteiger partial charge on any atom is -0.376 e. The quantitative estimate of drug-likeness (QED) is 0.599. The number of aromatic nitrogens is 3. The maximum Gasteiger partial charge on any atom is 0.330 e. The molecule has 4 aromatic rings. The van der Waals surface area contributed by atoms with E-state index in [1.807, 2.05) is 48.5 Å². The van der Waals surface area contributed by atoms with Crippen LogP contribution < -0.4 is 11.2 Å². The van der Waals surface area contributed by atoms with Gasteiger partial charge in [0, 0.05) is 18.4 Å². The van der Waals surface area contributed by atoms with E-state index in [2.05, 4.69) is 9.97 Å². The molecular formula is C22H19N3O3. The summed E-state index contributed by atoms with van der Waals surface area (Å²) in [5, 5.41) is 2.57. The minimum atomic E-state index is -0.449. The van der Waals surface area contributed by atoms with Gasteiger partial charge < -0.3 is 4.74 Å². The molecule has 0 unspecified atom stereocenters. The Morgan fingerprint density at radius 1 is 1.07 bits per heavy atom. The number of ether oxygens (including phenoxy) is 1. The number of hydrogen-bond acceptors (Lipinski definition) is 4. The topological polar surface area (TPSA) is 77.0 Å². The van der Waals surface area contributed by atoms with Gasteiger partial charge in [-0.1, -0.05) is 42.5 Å². The van der Waals surface area contributed by atoms with Crippen LogP contribution in [0.3, 0.4) is 0 Å². The molecule has 0 bridgehead atoms. The molecule has 28 heavy (non-hydrogen) atoms. The second-order valence-corrected chi connectivity index (χ2v) is 7.09. The Morgan fingerprint density at radius 3 is 2.79 bits per heavy atom. The van der Waals surface area contributed by atoms with E-state index in [0.29, 0.717) is 24.2 Å². The molecule has 1 N–H and O–H groups in total. The average molecular weight is 373 g/mol. The predicted octanol–water partition coefficient (Wildman–Crippen LogP) is 3.08. The Bertz CT molecular complexity index is 1290. The minimum absolute atomic E-state index is 0.0326. The molecule has 0 spiro atoms. The number of H-pyrrole nitrogens is 1. The molecular weight excluding hydrogens is 354 g/mol. The third-order valence-electron chi connectivity index (χ3n) is 5.37. The maximum absolute atomic E-state index is 12.8. The Balaban J connectivity index is 1.79. The summed E-state index contributed by atoms with van der Waals surface area (Å²) < 4.78 is 7.21. The molecule has 2 aromatic heterocycles. The molecule has 140 valence electrons. The highest BCUT2D eigenvalue weighted by atomic mass is 16.5. The Morgan fingerprint density at radius 2 is 1.93 bits per heavy atom. The number of hydrogen-bond donors (Lipinski definition) is 1. The lowest BCUT2D eigenvalue weighted by Crippen LogP contribution is -2.34. The summed E-state index contributed by atoms with van der Waals surface area (Å²) in [6.45, 7) is 1.09. The monoisotopic (exact) mass is 373 g/mol. The Hall–Kier alpha value is -3.25. The van der Waals surface area contributed by atoms with E-state index in [4.69, 9.17) is 4.74 Å². The van der Waals surface area contributed by atoms with Gasteiger partial charge in [0.2, 0.25) is 0 Å². The van der Waals surface area contributed by atoms with E-state index in [1.165, 1.54) is 4.57 Å². The molecule has 5 rings (SSSR count). The Labute approximate surface area is 160 Å². The number of aromatic amines is 1. The molecule has 1 aliphatic heterocycles. The third-order valence-corrected chi connectivity index (χ3v) is 5.37. The molecule has 0 radical (unpaired) electrons. The number of pyridine rings is 1. The highest BCUT2D eigenvalue weighted by Gasteiger charge is 2.20. The van der Waals surface area contributed by atoms with Crippen molar-refractivity contribution in [1.29, 1.82) is 0 Å². The normalized spacial score (nSPS) is 16.8. The van der Waals surface area contributed by atoms with Gasteiger partial charge in [0.25, 0.3) is 5.56 Å². The van der Waals surface area contributed by atoms with Crippen LogP contribution in [0.1, 0.15) is 12.8 Å². The summed E-state index contributed by atoms with van der Waals surface area (Å²) in [6.07, 6.45) is 3.50. The van der Waals surface area contributed by atoms with Crippen LogP contribution in [0, 0.1) is 0 Å². The van der Waals surface area contributed by atoms with Gasteiger partial charge >= 0.3 is 5.69 Å². The summed E-state index contributed by atoms with van der Waals surface area (Å²) in [5.41, 5.74) is 1.24. The number of nitrogens with one attached hydrogen (secondary N) is 1. The van der Waals surface area contributed by atoms with E-state index < -0.39 is 11.2 Å². The van der Waals surface area contributed by atoms with Crippen molar-refractivity contribution in [1.82, 2.24) is 14.5 Å². The van der Waals surface area contributed by atoms with Crippen LogP contribution in [0.5, 0.6) is 0 Å². The summed E-state index contributed by atoms with van der Waals surface area (Å²) in [6, 6.07) is 15.9. The second-order valence-electron chi connectivity index (χ2n) is 7.09. The van der Waals surface area contributed by atoms with Crippen LogP contribution in [0.25, 0.3) is 32.9 Å². The first-order chi connectivity index (χ1) is 13.7. The van der Waals surface area contributed by atoms with Crippen molar-refractivity contribution in [3.8, 4) is 11.1 Å². The average Bonchev–Trinajstić information content (AvgIpc) is 3.23. The second kappa shape index (κ2) is 6.73. The maximum atomic E-state index is 12.8. The van der Waals surface area contributed by atoms with Crippen LogP contribution in [-0.2, 0) is 11.3 Å². The summed E-state index contributed by atoms with van der Waals surface area (Å²) in [5.74, 6) is 0. The zero-order valence-corrected chi connectivity index (χ0v) is 15.2. The molecule has 1 saturated heterocycles. The van der Waals surface area contributed by atoms with Gasteiger partial charge in [-0.3, -0.25) is 14.3 Å². The van der Waals surface area contributed by atoms with Crippen molar-refractivity contribution >= 4 is 21.8 Å². The standard InChI is InChI=1S/C22H19N3O3/c26-21-19-18(17-9-3-6-14-5-1-2-8-16(14)17)10-11-23-20(19)25(22(27)24-21)13-15-7-4-12-28-15/h1-3,5-6,8-11,15H,4,7,12-13H2,(H,24,26,27)/t15-/m0/s1. The van der Waals surface area contributed by atoms with E-state index in [1.54, 1.807) is 6.20 Å². The van der Waals surface area contributed by atoms with Gasteiger partial charge in [-0.25, -0.2) is 9.78 Å². The fourth-order valence-electron chi connectivity index (χ4n) is 4.05. The van der Waals surface area contributed by atoms with Gasteiger partial charge in [-0.15, -0.1) is 0 Å². The van der Waals surface area contributed by atoms with E-state index in [9.17, 15) is 9.59 Å². The van der Waals surface area contributed by atoms with Crippen molar-refractivity contribution in [2.24, 2.45) is 0 Å². The largest absolute Gasteiger partial charge is 0.376 e. The molecule has 2 aromatic carbocycles. The number of fused-ring (bicyclic) bond motifs is 2. The molecule has 0 amide bonds. The number of nitrogens with zero attached hydrogens (tertiary/aromatic N) is 2. The lowest BCUT2D eigenvalue weighted by molar-refractivity contribution is 0.0967. The predicted molar refractivity (Wildman–Crippen MR) is 109 cm³/mol. The van der Waals surface area contributed by atoms with Crippen molar-refractivity contribution < 1.29 is 4.74 Å². The highest BCUT2D eigenvalue weighted by Crippen LogP contribution is 2.31. The van der Waals surface area contributed by atoms with Gasteiger partial charge in [-0.2, -0.15) is 0 Å². The van der Waals surface area contributed by atoms with Gasteiger partial charge in [0.15, 0.2) is 0 Å². The molecule has 1 aliphatic rings. The molecule has 1 fully saturated rings. The van der Waals surface area contributed by atoms with Gasteiger partial charge in [0.1, 0.15) is 5.65 Å². The van der Waals surface area contributed by atoms with Crippen molar-refractivity contribution in [2.45, 2.75) is 25.5 Å². The van der Waals surface area contributed by atoms with E-state index in [0.717, 1.165) is 34.7 Å². The first-order valence-electron chi connectivity index (χ1n) is 9.44. The smallest absolute Gasteiger partial charge is 0.330 e. The number of rotatable bonds is 3. The molecule has 1 atom stereocenters. The zero-order valence-electron chi connectivity index (χ0n) is 15.2. The van der Waals surface area contributed by atoms with Crippen molar-refractivity contribution in [3.63, 3.8) is 0 Å². The summed E-state index contributed by atoms with van der Waals surface area (Å²) >= 11 is 0. The van der Waals surface area contributed by atoms with Crippen LogP contribution in [-0.4, -0.2) is 27.2 Å². The van der Waals surface area contributed by atoms with Crippen LogP contribution in [0.15, 0.2) is 64.3 Å². The van der Waals surface area contributed by atoms with Crippen molar-refractivity contribution in [3.05, 3.63) is 75.6 Å². The van der Waals surface area contributed by atoms with E-state index in [-0.39, 0.29) is 6.10 Å². The third kappa shape index (κ3) is 2.73. The van der Waals surface area contributed by atoms with Crippen LogP contribution in [0.4, 0.5) is 0 Å². The molecule has 6 heteroatoms. The Kier molecular flexibility index (Phi) is 4.06. The molecule has 0 aliphatic carbocycles. The highest BCUT2D eigenvalue weighted by molar-refractivity contribution is 6.03. The summed E-state index contributed by atoms with van der Waals surface area (Å²) in [7, 11) is 0. The SMILES string of the molecule is O=c1[nH]c(=O)n(C[C@@H]2CCCO2)c2nccc(-c3cccc4ccccc34)c12. The fraction of sp³-hybridized carbons (Fsp3) is 0.227. The van der Waals surface area contributed by atoms with Gasteiger partial charge in [0.05, 0.1) is 18.0 Å². The fourth-order valence-corrected chi connectivity index (χ4v) is 4.05. The first kappa shape index (κ1) is 16.9. The van der Waals surface area contributed by atoms with Crippen LogP contribution in [0.2, 0.25) is 0 Å². The molecule has 0 saturated carbocycles. The number of benzene rings is 2. The van der Waals surface area contributed by atoms with Gasteiger partial charge in [-0.05, 0) is 35.2 Å². The lowest BCUT2D eigenvalue weighted by atomic mass is 9.97.